The minimum Gasteiger partial charge on any atom is -0.497 e. The summed E-state index contributed by atoms with van der Waals surface area (Å²) in [5, 5.41) is 0. The number of fused-ring (bicyclic) bond motifs is 1. The number of carbonyl (C=O) groups is 1. The summed E-state index contributed by atoms with van der Waals surface area (Å²) in [7, 11) is 3.38. The number of likely N-dealkylation sites (tertiary alicyclic amines) is 1. The number of methoxy groups -OCH3 is 2. The fourth-order valence-corrected chi connectivity index (χ4v) is 4.03. The van der Waals surface area contributed by atoms with Gasteiger partial charge in [-0.3, -0.25) is 4.79 Å². The molecule has 0 aromatic heterocycles. The van der Waals surface area contributed by atoms with E-state index >= 15 is 0 Å². The summed E-state index contributed by atoms with van der Waals surface area (Å²) < 4.78 is 16.6. The van der Waals surface area contributed by atoms with Crippen LogP contribution in [0.25, 0.3) is 0 Å². The zero-order valence-electron chi connectivity index (χ0n) is 14.6. The van der Waals surface area contributed by atoms with E-state index in [2.05, 4.69) is 0 Å². The number of amides is 1. The van der Waals surface area contributed by atoms with Crippen LogP contribution in [0.4, 0.5) is 0 Å². The number of hydrogen-bond donors (Lipinski definition) is 0. The van der Waals surface area contributed by atoms with Crippen molar-refractivity contribution in [3.8, 4) is 5.75 Å². The Morgan fingerprint density at radius 1 is 1.33 bits per heavy atom. The second kappa shape index (κ2) is 7.53. The molecule has 2 heterocycles. The van der Waals surface area contributed by atoms with Gasteiger partial charge in [-0.15, -0.1) is 0 Å². The van der Waals surface area contributed by atoms with Gasteiger partial charge in [0.2, 0.25) is 5.91 Å². The molecule has 0 N–H and O–H groups in total. The number of piperidine rings is 1. The first-order valence-corrected chi connectivity index (χ1v) is 8.68. The third-order valence-corrected chi connectivity index (χ3v) is 5.29. The number of carbonyl (C=O) groups excluding carboxylic acids is 1. The van der Waals surface area contributed by atoms with Gasteiger partial charge < -0.3 is 19.1 Å². The first kappa shape index (κ1) is 17.2. The highest BCUT2D eigenvalue weighted by Crippen LogP contribution is 2.40. The van der Waals surface area contributed by atoms with Crippen molar-refractivity contribution in [2.24, 2.45) is 5.41 Å². The number of hydrogen-bond acceptors (Lipinski definition) is 4. The van der Waals surface area contributed by atoms with Crippen LogP contribution in [-0.2, 0) is 20.7 Å². The average molecular weight is 333 g/mol. The summed E-state index contributed by atoms with van der Waals surface area (Å²) in [6.45, 7) is 2.99. The zero-order chi connectivity index (χ0) is 17.0. The normalized spacial score (nSPS) is 26.8. The molecule has 2 aliphatic heterocycles. The maximum Gasteiger partial charge on any atom is 0.227 e. The van der Waals surface area contributed by atoms with Crippen LogP contribution in [0.1, 0.15) is 24.8 Å². The van der Waals surface area contributed by atoms with Gasteiger partial charge >= 0.3 is 0 Å². The molecule has 0 bridgehead atoms. The molecular weight excluding hydrogens is 306 g/mol. The van der Waals surface area contributed by atoms with Crippen LogP contribution in [0.5, 0.6) is 5.75 Å². The maximum absolute atomic E-state index is 12.8. The Kier molecular flexibility index (Phi) is 5.41. The van der Waals surface area contributed by atoms with Crippen molar-refractivity contribution in [3.63, 3.8) is 0 Å². The minimum absolute atomic E-state index is 0.0409. The van der Waals surface area contributed by atoms with Crippen LogP contribution in [0.15, 0.2) is 24.3 Å². The van der Waals surface area contributed by atoms with E-state index in [1.54, 1.807) is 14.2 Å². The first-order valence-electron chi connectivity index (χ1n) is 8.68. The van der Waals surface area contributed by atoms with Crippen LogP contribution < -0.4 is 4.74 Å². The number of benzene rings is 1. The Morgan fingerprint density at radius 3 is 2.83 bits per heavy atom. The molecule has 0 unspecified atom stereocenters. The Labute approximate surface area is 143 Å². The molecule has 5 heteroatoms. The second-order valence-corrected chi connectivity index (χ2v) is 6.89. The van der Waals surface area contributed by atoms with E-state index in [0.29, 0.717) is 13.0 Å². The van der Waals surface area contributed by atoms with Gasteiger partial charge in [0.15, 0.2) is 0 Å². The van der Waals surface area contributed by atoms with Crippen molar-refractivity contribution in [1.82, 2.24) is 4.90 Å². The molecule has 2 atom stereocenters. The summed E-state index contributed by atoms with van der Waals surface area (Å²) in [6, 6.07) is 7.71. The molecule has 0 saturated carbocycles. The SMILES string of the molecule is COC[C@@]12CCCO[C@H]1CCN(C(=O)Cc1ccc(OC)cc1)C2. The van der Waals surface area contributed by atoms with E-state index in [4.69, 9.17) is 14.2 Å². The predicted octanol–water partition coefficient (Wildman–Crippen LogP) is 2.28. The third-order valence-electron chi connectivity index (χ3n) is 5.29. The van der Waals surface area contributed by atoms with Gasteiger partial charge in [-0.1, -0.05) is 12.1 Å². The third kappa shape index (κ3) is 3.57. The minimum atomic E-state index is -0.0409. The van der Waals surface area contributed by atoms with Crippen molar-refractivity contribution in [3.05, 3.63) is 29.8 Å². The lowest BCUT2D eigenvalue weighted by atomic mass is 9.73. The second-order valence-electron chi connectivity index (χ2n) is 6.89. The molecule has 132 valence electrons. The largest absolute Gasteiger partial charge is 0.497 e. The van der Waals surface area contributed by atoms with Crippen LogP contribution in [0, 0.1) is 5.41 Å². The quantitative estimate of drug-likeness (QED) is 0.829. The van der Waals surface area contributed by atoms with Crippen molar-refractivity contribution in [2.45, 2.75) is 31.8 Å². The predicted molar refractivity (Wildman–Crippen MR) is 91.2 cm³/mol. The molecular formula is C19H27NO4. The van der Waals surface area contributed by atoms with Crippen molar-refractivity contribution in [2.75, 3.05) is 40.5 Å². The van der Waals surface area contributed by atoms with Crippen LogP contribution in [0.2, 0.25) is 0 Å². The molecule has 1 aromatic carbocycles. The van der Waals surface area contributed by atoms with E-state index in [1.165, 1.54) is 0 Å². The van der Waals surface area contributed by atoms with Crippen LogP contribution >= 0.6 is 0 Å². The first-order chi connectivity index (χ1) is 11.7. The molecule has 1 aromatic rings. The van der Waals surface area contributed by atoms with Gasteiger partial charge in [0.1, 0.15) is 5.75 Å². The smallest absolute Gasteiger partial charge is 0.227 e. The van der Waals surface area contributed by atoms with E-state index in [-0.39, 0.29) is 17.4 Å². The van der Waals surface area contributed by atoms with E-state index in [1.807, 2.05) is 29.2 Å². The van der Waals surface area contributed by atoms with Gasteiger partial charge in [-0.25, -0.2) is 0 Å². The highest BCUT2D eigenvalue weighted by atomic mass is 16.5. The van der Waals surface area contributed by atoms with Crippen LogP contribution in [0.3, 0.4) is 0 Å². The van der Waals surface area contributed by atoms with Gasteiger partial charge in [-0.2, -0.15) is 0 Å². The maximum atomic E-state index is 12.8. The molecule has 3 rings (SSSR count). The van der Waals surface area contributed by atoms with E-state index in [0.717, 1.165) is 50.3 Å². The Morgan fingerprint density at radius 2 is 2.12 bits per heavy atom. The van der Waals surface area contributed by atoms with Crippen LogP contribution in [-0.4, -0.2) is 57.4 Å². The Balaban J connectivity index is 1.66. The molecule has 0 radical (unpaired) electrons. The Hall–Kier alpha value is -1.59. The molecule has 2 aliphatic rings. The lowest BCUT2D eigenvalue weighted by molar-refractivity contribution is -0.161. The average Bonchev–Trinajstić information content (AvgIpc) is 2.62. The zero-order valence-corrected chi connectivity index (χ0v) is 14.6. The monoisotopic (exact) mass is 333 g/mol. The molecule has 2 fully saturated rings. The molecule has 0 aliphatic carbocycles. The summed E-state index contributed by atoms with van der Waals surface area (Å²) in [4.78, 5) is 14.8. The van der Waals surface area contributed by atoms with Gasteiger partial charge in [0.05, 0.1) is 26.2 Å². The molecule has 1 amide bonds. The summed E-state index contributed by atoms with van der Waals surface area (Å²) in [5.41, 5.74) is 0.976. The van der Waals surface area contributed by atoms with Crippen molar-refractivity contribution in [1.29, 1.82) is 0 Å². The molecule has 0 spiro atoms. The summed E-state index contributed by atoms with van der Waals surface area (Å²) >= 11 is 0. The highest BCUT2D eigenvalue weighted by molar-refractivity contribution is 5.79. The molecule has 2 saturated heterocycles. The topological polar surface area (TPSA) is 48.0 Å². The van der Waals surface area contributed by atoms with E-state index < -0.39 is 0 Å². The standard InChI is InChI=1S/C19H27NO4/c1-22-14-19-9-3-11-24-17(19)8-10-20(13-19)18(21)12-15-4-6-16(23-2)7-5-15/h4-7,17H,3,8-14H2,1-2H3/t17-,19-/m0/s1. The summed E-state index contributed by atoms with van der Waals surface area (Å²) in [6.07, 6.45) is 3.66. The van der Waals surface area contributed by atoms with Crippen molar-refractivity contribution >= 4 is 5.91 Å². The fourth-order valence-electron chi connectivity index (χ4n) is 4.03. The van der Waals surface area contributed by atoms with Gasteiger partial charge in [-0.05, 0) is 37.0 Å². The number of rotatable bonds is 5. The highest BCUT2D eigenvalue weighted by Gasteiger charge is 2.46. The lowest BCUT2D eigenvalue weighted by Crippen LogP contribution is -2.58. The summed E-state index contributed by atoms with van der Waals surface area (Å²) in [5.74, 6) is 0.991. The van der Waals surface area contributed by atoms with Gasteiger partial charge in [0, 0.05) is 32.2 Å². The van der Waals surface area contributed by atoms with Crippen molar-refractivity contribution < 1.29 is 19.0 Å². The van der Waals surface area contributed by atoms with Gasteiger partial charge in [0.25, 0.3) is 0 Å². The number of ether oxygens (including phenoxy) is 3. The Bertz CT molecular complexity index is 555. The fraction of sp³-hybridized carbons (Fsp3) is 0.632. The molecule has 5 nitrogen and oxygen atoms in total. The molecule has 24 heavy (non-hydrogen) atoms. The number of nitrogens with zero attached hydrogens (tertiary/aromatic N) is 1. The van der Waals surface area contributed by atoms with E-state index in [9.17, 15) is 4.79 Å². The lowest BCUT2D eigenvalue weighted by Gasteiger charge is -2.50.